The van der Waals surface area contributed by atoms with Crippen LogP contribution >= 0.6 is 0 Å². The van der Waals surface area contributed by atoms with Crippen LogP contribution < -0.4 is 31.9 Å². The van der Waals surface area contributed by atoms with E-state index in [1.54, 1.807) is 0 Å². The van der Waals surface area contributed by atoms with Gasteiger partial charge in [-0.15, -0.1) is 0 Å². The van der Waals surface area contributed by atoms with Crippen molar-refractivity contribution in [2.24, 2.45) is 0 Å². The molecule has 0 aromatic carbocycles. The third-order valence-corrected chi connectivity index (χ3v) is 25.3. The van der Waals surface area contributed by atoms with Gasteiger partial charge in [0.25, 0.3) is 0 Å². The molecule has 11 aliphatic heterocycles. The summed E-state index contributed by atoms with van der Waals surface area (Å²) in [6.07, 6.45) is -108. The van der Waals surface area contributed by atoms with Gasteiger partial charge in [0.1, 0.15) is 262 Å². The molecule has 0 aromatic heterocycles. The molecule has 11 heterocycles. The zero-order valence-electron chi connectivity index (χ0n) is 75.4. The number of carbonyl (C=O) groups is 6. The van der Waals surface area contributed by atoms with Crippen LogP contribution in [0.2, 0.25) is 0 Å². The molecule has 34 N–H and O–H groups in total. The largest absolute Gasteiger partial charge is 0.394 e. The topological polar surface area (TPSA) is 935 Å². The molecular weight excluding hydrogens is 1900 g/mol. The van der Waals surface area contributed by atoms with Gasteiger partial charge in [-0.1, -0.05) is 0 Å². The SMILES string of the molecule is CC(=O)N[C@@H]1[C@@H](O)[C@H](O[C@@H]2O[C@H](CO)[C@@H](O[C@@H]3O[C@H](CO[C@H]4O[C@H](CO)[C@@H](O)[C@H](O)[C@@H]4O[C@@H]4O[C@H](CO)[C@@H](O)[C@H](O)[C@H]4NC(C)=O)[C@@H](O[C@@H]4O[C@H](CO)[C@@H](O)[C@H](O)[C@H]4NC(C)=O)[C@H](O[C@H]4O[C@H](CO)[C@@H](O[C@@H]5O[C@H](CO)[C@@H](O)[C@H](O)[C@H]5NC(C)=O)[C@H](O)[C@@H]4O[C@@H]4O[C@H](CO)[C@@H](O[C@@H]5O[C@H](CO)[C@H](O)[C@H](O)[C@H]5O)[C@H](O)[C@H]4NC(C)=O)[C@@H]3O)[C@H](O)[C@H]2NC(C)=O)[C@@H](CO[C@@H]2O[C@@H](C)[C@@H](O)[C@@H](O)[C@@H]2O)O[C@H]1O. The van der Waals surface area contributed by atoms with Gasteiger partial charge in [-0.05, 0) is 6.92 Å². The van der Waals surface area contributed by atoms with Gasteiger partial charge in [0, 0.05) is 41.5 Å². The highest BCUT2D eigenvalue weighted by molar-refractivity contribution is 5.75. The summed E-state index contributed by atoms with van der Waals surface area (Å²) in [7, 11) is 0. The second-order valence-corrected chi connectivity index (χ2v) is 35.3. The predicted octanol–water partition coefficient (Wildman–Crippen LogP) is -23.1. The number of rotatable bonds is 36. The maximum absolute atomic E-state index is 13.7. The Bertz CT molecular complexity index is 3900. The Hall–Kier alpha value is -5.14. The summed E-state index contributed by atoms with van der Waals surface area (Å²) < 4.78 is 130. The first-order chi connectivity index (χ1) is 65.7. The van der Waals surface area contributed by atoms with Crippen molar-refractivity contribution in [3.05, 3.63) is 0 Å². The lowest BCUT2D eigenvalue weighted by molar-refractivity contribution is -0.413. The van der Waals surface area contributed by atoms with Crippen LogP contribution in [0.4, 0.5) is 0 Å². The maximum atomic E-state index is 13.7. The van der Waals surface area contributed by atoms with Crippen molar-refractivity contribution in [3.63, 3.8) is 0 Å². The van der Waals surface area contributed by atoms with Gasteiger partial charge in [0.2, 0.25) is 35.4 Å². The van der Waals surface area contributed by atoms with Crippen molar-refractivity contribution < 1.29 is 271 Å². The summed E-state index contributed by atoms with van der Waals surface area (Å²) in [4.78, 5) is 78.8. The fourth-order valence-electron chi connectivity index (χ4n) is 18.1. The number of carbonyl (C=O) groups excluding carboxylic acids is 6. The normalized spacial score (nSPS) is 48.3. The van der Waals surface area contributed by atoms with Crippen LogP contribution in [0.5, 0.6) is 0 Å². The van der Waals surface area contributed by atoms with Crippen LogP contribution in [0.3, 0.4) is 0 Å². The van der Waals surface area contributed by atoms with Gasteiger partial charge in [0.15, 0.2) is 69.2 Å². The number of ether oxygens (including phenoxy) is 21. The molecule has 0 aromatic rings. The Balaban J connectivity index is 1.07. The van der Waals surface area contributed by atoms with Crippen LogP contribution in [-0.4, -0.2) is 582 Å². The van der Waals surface area contributed by atoms with Crippen LogP contribution in [0.1, 0.15) is 48.5 Å². The Morgan fingerprint density at radius 1 is 0.201 bits per heavy atom. The molecule has 11 aliphatic rings. The quantitative estimate of drug-likeness (QED) is 0.0277. The zero-order chi connectivity index (χ0) is 102. The minimum Gasteiger partial charge on any atom is -0.394 e. The van der Waals surface area contributed by atoms with Crippen LogP contribution in [-0.2, 0) is 128 Å². The summed E-state index contributed by atoms with van der Waals surface area (Å²) in [6, 6.07) is -12.1. The molecule has 61 heteroatoms. The number of amides is 6. The van der Waals surface area contributed by atoms with Gasteiger partial charge in [-0.25, -0.2) is 0 Å². The molecule has 0 bridgehead atoms. The molecule has 11 saturated heterocycles. The molecule has 0 spiro atoms. The van der Waals surface area contributed by atoms with E-state index in [2.05, 4.69) is 31.9 Å². The Labute approximate surface area is 788 Å². The summed E-state index contributed by atoms with van der Waals surface area (Å²) in [5, 5.41) is 334. The highest BCUT2D eigenvalue weighted by atomic mass is 16.8. The molecule has 6 amide bonds. The molecule has 61 nitrogen and oxygen atoms in total. The van der Waals surface area contributed by atoms with Crippen molar-refractivity contribution in [2.45, 2.75) is 386 Å². The summed E-state index contributed by atoms with van der Waals surface area (Å²) in [5.41, 5.74) is 0. The fourth-order valence-corrected chi connectivity index (χ4v) is 18.1. The maximum Gasteiger partial charge on any atom is 0.217 e. The Kier molecular flexibility index (Phi) is 41.1. The molecule has 802 valence electrons. The van der Waals surface area contributed by atoms with E-state index < -0.39 is 439 Å². The minimum atomic E-state index is -2.90. The molecule has 0 saturated carbocycles. The molecule has 11 fully saturated rings. The number of aliphatic hydroxyl groups is 28. The van der Waals surface area contributed by atoms with E-state index in [4.69, 9.17) is 99.5 Å². The molecule has 0 radical (unpaired) electrons. The first-order valence-electron chi connectivity index (χ1n) is 44.5. The summed E-state index contributed by atoms with van der Waals surface area (Å²) in [5.74, 6) is -5.97. The Morgan fingerprint density at radius 2 is 0.446 bits per heavy atom. The van der Waals surface area contributed by atoms with E-state index in [1.807, 2.05) is 0 Å². The van der Waals surface area contributed by atoms with Crippen molar-refractivity contribution in [1.82, 2.24) is 31.9 Å². The van der Waals surface area contributed by atoms with Crippen LogP contribution in [0, 0.1) is 0 Å². The van der Waals surface area contributed by atoms with Crippen molar-refractivity contribution in [3.8, 4) is 0 Å². The average Bonchev–Trinajstić information content (AvgIpc) is 0.750. The number of hydrogen-bond acceptors (Lipinski definition) is 55. The third kappa shape index (κ3) is 25.8. The summed E-state index contributed by atoms with van der Waals surface area (Å²) >= 11 is 0. The lowest BCUT2D eigenvalue weighted by Gasteiger charge is -2.53. The molecule has 0 unspecified atom stereocenters. The van der Waals surface area contributed by atoms with E-state index in [1.165, 1.54) is 6.92 Å². The van der Waals surface area contributed by atoms with Crippen molar-refractivity contribution >= 4 is 35.4 Å². The Morgan fingerprint density at radius 3 is 0.835 bits per heavy atom. The third-order valence-electron chi connectivity index (χ3n) is 25.3. The van der Waals surface area contributed by atoms with Gasteiger partial charge in [-0.2, -0.15) is 0 Å². The van der Waals surface area contributed by atoms with Gasteiger partial charge in [0.05, 0.1) is 72.2 Å². The molecule has 55 atom stereocenters. The molecule has 139 heavy (non-hydrogen) atoms. The summed E-state index contributed by atoms with van der Waals surface area (Å²) in [6.45, 7) is -5.36. The second-order valence-electron chi connectivity index (χ2n) is 35.3. The predicted molar refractivity (Wildman–Crippen MR) is 430 cm³/mol. The lowest BCUT2D eigenvalue weighted by Crippen LogP contribution is -2.72. The van der Waals surface area contributed by atoms with E-state index in [9.17, 15) is 172 Å². The van der Waals surface area contributed by atoms with E-state index in [-0.39, 0.29) is 0 Å². The number of hydrogen-bond donors (Lipinski definition) is 34. The highest BCUT2D eigenvalue weighted by Crippen LogP contribution is 2.43. The van der Waals surface area contributed by atoms with Crippen molar-refractivity contribution in [1.29, 1.82) is 0 Å². The number of aliphatic hydroxyl groups excluding tert-OH is 28. The second kappa shape index (κ2) is 50.0. The van der Waals surface area contributed by atoms with Crippen molar-refractivity contribution in [2.75, 3.05) is 66.1 Å². The van der Waals surface area contributed by atoms with Crippen LogP contribution in [0.25, 0.3) is 0 Å². The van der Waals surface area contributed by atoms with E-state index >= 15 is 0 Å². The monoisotopic (exact) mass is 2030 g/mol. The highest BCUT2D eigenvalue weighted by Gasteiger charge is 2.64. The average molecular weight is 2030 g/mol. The minimum absolute atomic E-state index is 0.862. The molecule has 0 aliphatic carbocycles. The zero-order valence-corrected chi connectivity index (χ0v) is 75.4. The van der Waals surface area contributed by atoms with Gasteiger partial charge < -0.3 is 274 Å². The standard InChI is InChI=1S/C78H130N6O55/c1-18-41(99)53(111)56(114)74(121-18)119-16-33-63(50(108)35(68(118)122-33)79-19(2)93)133-72-39(83-23(6)97)51(109)61(31(14-91)128-72)135-76-59(117)65(64(136-70-37(81-21(4)95)48(106)43(101)26(9-86)124-70)34(131-76)17-120-77-66(55(113)46(104)29(12-89)127-77)138-71-38(82-22(5)96)49(107)44(102)27(10-87)125-71)137-78-67(58(116)62(32(15-92)130-78)132-69-36(80-20(3)94)47(105)42(100)25(8-85)123-69)139-73-40(84-24(7)98)52(110)60(30(13-90)129-73)134-75-57(115)54(112)45(103)28(11-88)126-75/h18,25-78,85-92,99-118H,8-17H2,1-7H3,(H,79,93)(H,80,94)(H,81,95)(H,82,96)(H,83,97)(H,84,98)/t18-,25+,26+,27+,28+,29+,30+,31+,32+,33+,34+,35+,36+,37+,38+,39+,40+,41+,42+,43+,44+,45-,46+,47+,48+,49+,50+,51+,52+,53+,54-,55-,56-,57+,58-,59-,60+,61+,62+,63+,64+,65+,66-,67-,68+,69-,70-,71-,72-,73-,74+,75-,76-,77-,78+/m0/s1. The smallest absolute Gasteiger partial charge is 0.217 e. The fraction of sp³-hybridized carbons (Fsp3) is 0.923. The first-order valence-corrected chi connectivity index (χ1v) is 44.5. The first kappa shape index (κ1) is 114. The molecule has 11 rings (SSSR count). The number of nitrogens with one attached hydrogen (secondary N) is 6. The van der Waals surface area contributed by atoms with Crippen LogP contribution in [0.15, 0.2) is 0 Å². The molecular formula is C78H130N6O55. The van der Waals surface area contributed by atoms with Gasteiger partial charge in [-0.3, -0.25) is 28.8 Å². The van der Waals surface area contributed by atoms with Gasteiger partial charge >= 0.3 is 0 Å². The van der Waals surface area contributed by atoms with E-state index in [0.29, 0.717) is 0 Å². The van der Waals surface area contributed by atoms with E-state index in [0.717, 1.165) is 41.5 Å². The lowest BCUT2D eigenvalue weighted by atomic mass is 9.93.